The van der Waals surface area contributed by atoms with E-state index in [9.17, 15) is 4.79 Å². The fraction of sp³-hybridized carbons (Fsp3) is 0.714. The highest BCUT2D eigenvalue weighted by atomic mass is 35.5. The molecule has 0 saturated carbocycles. The smallest absolute Gasteiger partial charge is 0.287 e. The number of hydrogen-bond acceptors (Lipinski definition) is 4. The molecule has 1 aliphatic rings. The van der Waals surface area contributed by atoms with Crippen molar-refractivity contribution in [3.63, 3.8) is 0 Å². The number of nitrogens with one attached hydrogen (secondary N) is 1. The molecule has 1 unspecified atom stereocenters. The summed E-state index contributed by atoms with van der Waals surface area (Å²) in [5.41, 5.74) is 0.364. The van der Waals surface area contributed by atoms with Gasteiger partial charge in [-0.2, -0.15) is 5.10 Å². The molecular weight excluding hydrogens is 276 g/mol. The van der Waals surface area contributed by atoms with Gasteiger partial charge in [-0.3, -0.25) is 4.79 Å². The van der Waals surface area contributed by atoms with Gasteiger partial charge in [0.05, 0.1) is 11.9 Å². The van der Waals surface area contributed by atoms with Crippen molar-refractivity contribution < 1.29 is 0 Å². The van der Waals surface area contributed by atoms with E-state index in [-0.39, 0.29) is 10.6 Å². The Hall–Kier alpha value is -1.07. The summed E-state index contributed by atoms with van der Waals surface area (Å²) in [5.74, 6) is 0. The minimum atomic E-state index is -0.263. The lowest BCUT2D eigenvalue weighted by Gasteiger charge is -2.33. The highest BCUT2D eigenvalue weighted by Crippen LogP contribution is 2.17. The predicted molar refractivity (Wildman–Crippen MR) is 82.5 cm³/mol. The van der Waals surface area contributed by atoms with E-state index in [0.29, 0.717) is 11.7 Å². The van der Waals surface area contributed by atoms with Crippen molar-refractivity contribution in [1.29, 1.82) is 0 Å². The van der Waals surface area contributed by atoms with Gasteiger partial charge in [0.2, 0.25) is 0 Å². The van der Waals surface area contributed by atoms with Gasteiger partial charge in [0.15, 0.2) is 0 Å². The minimum Gasteiger partial charge on any atom is -0.382 e. The number of piperidine rings is 1. The topological polar surface area (TPSA) is 50.2 Å². The van der Waals surface area contributed by atoms with Crippen LogP contribution in [0, 0.1) is 0 Å². The largest absolute Gasteiger partial charge is 0.382 e. The average molecular weight is 299 g/mol. The van der Waals surface area contributed by atoms with Crippen LogP contribution in [-0.4, -0.2) is 40.4 Å². The number of likely N-dealkylation sites (tertiary alicyclic amines) is 1. The standard InChI is InChI=1S/C14H23ClN4O/c1-11-6-3-4-8-19(11)9-5-7-16-12-10-17-18(2)14(20)13(12)15/h10-11,16H,3-9H2,1-2H3. The summed E-state index contributed by atoms with van der Waals surface area (Å²) in [5, 5.41) is 7.38. The van der Waals surface area contributed by atoms with Crippen LogP contribution in [-0.2, 0) is 7.05 Å². The number of halogens is 1. The Morgan fingerprint density at radius 2 is 2.30 bits per heavy atom. The van der Waals surface area contributed by atoms with Gasteiger partial charge in [-0.05, 0) is 32.7 Å². The number of nitrogens with zero attached hydrogens (tertiary/aromatic N) is 3. The first kappa shape index (κ1) is 15.3. The molecule has 2 heterocycles. The van der Waals surface area contributed by atoms with Crippen LogP contribution in [0.2, 0.25) is 5.02 Å². The fourth-order valence-electron chi connectivity index (χ4n) is 2.63. The van der Waals surface area contributed by atoms with E-state index in [1.54, 1.807) is 13.2 Å². The summed E-state index contributed by atoms with van der Waals surface area (Å²) in [7, 11) is 1.59. The summed E-state index contributed by atoms with van der Waals surface area (Å²) in [6.45, 7) is 5.39. The summed E-state index contributed by atoms with van der Waals surface area (Å²) in [6, 6.07) is 0.693. The third-order valence-electron chi connectivity index (χ3n) is 3.96. The quantitative estimate of drug-likeness (QED) is 0.846. The predicted octanol–water partition coefficient (Wildman–Crippen LogP) is 2.11. The van der Waals surface area contributed by atoms with E-state index in [0.717, 1.165) is 19.5 Å². The van der Waals surface area contributed by atoms with Crippen molar-refractivity contribution >= 4 is 17.3 Å². The Morgan fingerprint density at radius 1 is 1.50 bits per heavy atom. The third-order valence-corrected chi connectivity index (χ3v) is 4.32. The second-order valence-corrected chi connectivity index (χ2v) is 5.84. The Kier molecular flexibility index (Phi) is 5.43. The van der Waals surface area contributed by atoms with Crippen LogP contribution in [0.5, 0.6) is 0 Å². The zero-order chi connectivity index (χ0) is 14.5. The fourth-order valence-corrected chi connectivity index (χ4v) is 2.87. The van der Waals surface area contributed by atoms with Gasteiger partial charge in [0, 0.05) is 26.2 Å². The molecule has 0 bridgehead atoms. The van der Waals surface area contributed by atoms with E-state index in [4.69, 9.17) is 11.6 Å². The number of rotatable bonds is 5. The normalized spacial score (nSPS) is 20.1. The molecule has 1 aromatic rings. The lowest BCUT2D eigenvalue weighted by Crippen LogP contribution is -2.38. The van der Waals surface area contributed by atoms with Gasteiger partial charge in [-0.15, -0.1) is 0 Å². The first-order chi connectivity index (χ1) is 9.59. The lowest BCUT2D eigenvalue weighted by molar-refractivity contribution is 0.160. The highest BCUT2D eigenvalue weighted by molar-refractivity contribution is 6.32. The summed E-state index contributed by atoms with van der Waals surface area (Å²) in [4.78, 5) is 14.2. The molecule has 2 rings (SSSR count). The molecule has 1 aromatic heterocycles. The average Bonchev–Trinajstić information content (AvgIpc) is 2.45. The van der Waals surface area contributed by atoms with Crippen molar-refractivity contribution in [2.45, 2.75) is 38.6 Å². The zero-order valence-electron chi connectivity index (χ0n) is 12.2. The molecule has 1 fully saturated rings. The van der Waals surface area contributed by atoms with Crippen molar-refractivity contribution in [2.75, 3.05) is 25.0 Å². The third kappa shape index (κ3) is 3.73. The summed E-state index contributed by atoms with van der Waals surface area (Å²) < 4.78 is 1.24. The van der Waals surface area contributed by atoms with E-state index in [1.165, 1.54) is 30.5 Å². The van der Waals surface area contributed by atoms with E-state index in [2.05, 4.69) is 22.2 Å². The van der Waals surface area contributed by atoms with Crippen LogP contribution < -0.4 is 10.9 Å². The Labute approximate surface area is 124 Å². The van der Waals surface area contributed by atoms with Gasteiger partial charge in [-0.25, -0.2) is 4.68 Å². The number of anilines is 1. The first-order valence-electron chi connectivity index (χ1n) is 7.29. The van der Waals surface area contributed by atoms with Crippen molar-refractivity contribution in [3.8, 4) is 0 Å². The first-order valence-corrected chi connectivity index (χ1v) is 7.67. The van der Waals surface area contributed by atoms with E-state index < -0.39 is 0 Å². The molecule has 112 valence electrons. The monoisotopic (exact) mass is 298 g/mol. The second-order valence-electron chi connectivity index (χ2n) is 5.46. The molecule has 0 amide bonds. The molecule has 0 aliphatic carbocycles. The van der Waals surface area contributed by atoms with Gasteiger partial charge < -0.3 is 10.2 Å². The second kappa shape index (κ2) is 7.09. The van der Waals surface area contributed by atoms with E-state index in [1.807, 2.05) is 0 Å². The molecule has 1 saturated heterocycles. The summed E-state index contributed by atoms with van der Waals surface area (Å²) in [6.07, 6.45) is 6.60. The number of aryl methyl sites for hydroxylation is 1. The van der Waals surface area contributed by atoms with Crippen LogP contribution in [0.3, 0.4) is 0 Å². The molecule has 0 aromatic carbocycles. The van der Waals surface area contributed by atoms with Gasteiger partial charge >= 0.3 is 0 Å². The van der Waals surface area contributed by atoms with Gasteiger partial charge in [-0.1, -0.05) is 18.0 Å². The maximum atomic E-state index is 11.6. The van der Waals surface area contributed by atoms with Crippen LogP contribution in [0.25, 0.3) is 0 Å². The lowest BCUT2D eigenvalue weighted by atomic mass is 10.0. The highest BCUT2D eigenvalue weighted by Gasteiger charge is 2.17. The van der Waals surface area contributed by atoms with Crippen molar-refractivity contribution in [1.82, 2.24) is 14.7 Å². The van der Waals surface area contributed by atoms with Crippen LogP contribution in [0.15, 0.2) is 11.0 Å². The van der Waals surface area contributed by atoms with Crippen molar-refractivity contribution in [3.05, 3.63) is 21.6 Å². The van der Waals surface area contributed by atoms with Crippen molar-refractivity contribution in [2.24, 2.45) is 7.05 Å². The molecule has 1 aliphatic heterocycles. The maximum Gasteiger partial charge on any atom is 0.287 e. The Balaban J connectivity index is 1.79. The summed E-state index contributed by atoms with van der Waals surface area (Å²) >= 11 is 6.00. The molecule has 1 atom stereocenters. The SMILES string of the molecule is CC1CCCCN1CCCNc1cnn(C)c(=O)c1Cl. The number of hydrogen-bond donors (Lipinski definition) is 1. The zero-order valence-corrected chi connectivity index (χ0v) is 13.0. The molecule has 1 N–H and O–H groups in total. The molecule has 5 nitrogen and oxygen atoms in total. The van der Waals surface area contributed by atoms with Crippen LogP contribution >= 0.6 is 11.6 Å². The Bertz CT molecular complexity index is 502. The van der Waals surface area contributed by atoms with Crippen LogP contribution in [0.4, 0.5) is 5.69 Å². The molecular formula is C14H23ClN4O. The van der Waals surface area contributed by atoms with Gasteiger partial charge in [0.1, 0.15) is 5.02 Å². The van der Waals surface area contributed by atoms with E-state index >= 15 is 0 Å². The molecule has 0 spiro atoms. The molecule has 6 heteroatoms. The van der Waals surface area contributed by atoms with Gasteiger partial charge in [0.25, 0.3) is 5.56 Å². The molecule has 0 radical (unpaired) electrons. The Morgan fingerprint density at radius 3 is 3.05 bits per heavy atom. The molecule has 20 heavy (non-hydrogen) atoms. The maximum absolute atomic E-state index is 11.6. The van der Waals surface area contributed by atoms with Crippen LogP contribution in [0.1, 0.15) is 32.6 Å². The number of aromatic nitrogens is 2. The minimum absolute atomic E-state index is 0.217.